The molecular formula is C25H40N2O2. The highest BCUT2D eigenvalue weighted by Crippen LogP contribution is 2.26. The van der Waals surface area contributed by atoms with Gasteiger partial charge in [0.05, 0.1) is 6.10 Å². The Morgan fingerprint density at radius 3 is 2.55 bits per heavy atom. The highest BCUT2D eigenvalue weighted by molar-refractivity contribution is 5.94. The molecule has 1 fully saturated rings. The van der Waals surface area contributed by atoms with Crippen LogP contribution in [-0.4, -0.2) is 61.6 Å². The number of hydrogen-bond donors (Lipinski definition) is 0. The first-order valence-electron chi connectivity index (χ1n) is 11.3. The first kappa shape index (κ1) is 23.6. The molecule has 0 aromatic heterocycles. The Morgan fingerprint density at radius 2 is 1.86 bits per heavy atom. The lowest BCUT2D eigenvalue weighted by Gasteiger charge is -2.34. The van der Waals surface area contributed by atoms with Gasteiger partial charge in [0.1, 0.15) is 0 Å². The van der Waals surface area contributed by atoms with E-state index < -0.39 is 0 Å². The predicted molar refractivity (Wildman–Crippen MR) is 121 cm³/mol. The van der Waals surface area contributed by atoms with Crippen LogP contribution in [0.4, 0.5) is 0 Å². The molecule has 4 heteroatoms. The molecule has 0 spiro atoms. The minimum Gasteiger partial charge on any atom is -0.378 e. The van der Waals surface area contributed by atoms with E-state index in [1.807, 2.05) is 49.2 Å². The van der Waals surface area contributed by atoms with Crippen molar-refractivity contribution in [3.05, 3.63) is 48.0 Å². The normalized spacial score (nSPS) is 19.3. The van der Waals surface area contributed by atoms with Gasteiger partial charge in [-0.3, -0.25) is 4.79 Å². The summed E-state index contributed by atoms with van der Waals surface area (Å²) in [5.41, 5.74) is 1.92. The first-order valence-corrected chi connectivity index (χ1v) is 11.3. The van der Waals surface area contributed by atoms with Crippen molar-refractivity contribution in [3.8, 4) is 0 Å². The molecule has 0 unspecified atom stereocenters. The van der Waals surface area contributed by atoms with Crippen LogP contribution in [0.1, 0.15) is 67.3 Å². The second kappa shape index (κ2) is 12.8. The Kier molecular flexibility index (Phi) is 10.4. The number of unbranched alkanes of at least 4 members (excludes halogenated alkanes) is 3. The van der Waals surface area contributed by atoms with Crippen LogP contribution in [0.2, 0.25) is 0 Å². The average molecular weight is 401 g/mol. The van der Waals surface area contributed by atoms with E-state index in [1.165, 1.54) is 19.3 Å². The molecule has 4 nitrogen and oxygen atoms in total. The van der Waals surface area contributed by atoms with E-state index in [9.17, 15) is 4.79 Å². The third-order valence-electron chi connectivity index (χ3n) is 6.01. The standard InChI is InChI=1S/C25H40N2O2/c1-5-17-26(3)18-8-6-7-9-19-29-24-15-13-23(14-16-24)27(4)25(28)22-12-10-11-21(2)20-22/h5,10-12,20,23-24H,1,6-9,13-19H2,2-4H3. The fraction of sp³-hybridized carbons (Fsp3) is 0.640. The summed E-state index contributed by atoms with van der Waals surface area (Å²) in [6, 6.07) is 8.21. The van der Waals surface area contributed by atoms with E-state index in [2.05, 4.69) is 18.5 Å². The molecule has 29 heavy (non-hydrogen) atoms. The van der Waals surface area contributed by atoms with Gasteiger partial charge in [0, 0.05) is 31.8 Å². The van der Waals surface area contributed by atoms with Crippen molar-refractivity contribution in [3.63, 3.8) is 0 Å². The summed E-state index contributed by atoms with van der Waals surface area (Å²) in [6.45, 7) is 8.79. The van der Waals surface area contributed by atoms with E-state index in [0.717, 1.165) is 62.9 Å². The smallest absolute Gasteiger partial charge is 0.253 e. The molecule has 1 aliphatic rings. The Hall–Kier alpha value is -1.65. The van der Waals surface area contributed by atoms with Crippen molar-refractivity contribution in [1.82, 2.24) is 9.80 Å². The quantitative estimate of drug-likeness (QED) is 0.363. The van der Waals surface area contributed by atoms with Crippen LogP contribution >= 0.6 is 0 Å². The summed E-state index contributed by atoms with van der Waals surface area (Å²) in [7, 11) is 4.09. The molecule has 0 heterocycles. The molecular weight excluding hydrogens is 360 g/mol. The van der Waals surface area contributed by atoms with E-state index in [4.69, 9.17) is 4.74 Å². The van der Waals surface area contributed by atoms with Crippen molar-refractivity contribution in [2.24, 2.45) is 0 Å². The highest BCUT2D eigenvalue weighted by Gasteiger charge is 2.27. The number of carbonyl (C=O) groups excluding carboxylic acids is 1. The number of amides is 1. The summed E-state index contributed by atoms with van der Waals surface area (Å²) in [5.74, 6) is 0.136. The molecule has 1 aliphatic carbocycles. The van der Waals surface area contributed by atoms with Crippen molar-refractivity contribution >= 4 is 5.91 Å². The molecule has 1 aromatic rings. The molecule has 162 valence electrons. The van der Waals surface area contributed by atoms with Gasteiger partial charge in [-0.25, -0.2) is 0 Å². The minimum absolute atomic E-state index is 0.136. The molecule has 2 rings (SSSR count). The third kappa shape index (κ3) is 8.31. The molecule has 1 saturated carbocycles. The van der Waals surface area contributed by atoms with Gasteiger partial charge < -0.3 is 14.5 Å². The highest BCUT2D eigenvalue weighted by atomic mass is 16.5. The van der Waals surface area contributed by atoms with Gasteiger partial charge in [0.15, 0.2) is 0 Å². The zero-order chi connectivity index (χ0) is 21.1. The Labute approximate surface area is 177 Å². The van der Waals surface area contributed by atoms with Crippen LogP contribution in [0.15, 0.2) is 36.9 Å². The summed E-state index contributed by atoms with van der Waals surface area (Å²) < 4.78 is 6.11. The minimum atomic E-state index is 0.136. The van der Waals surface area contributed by atoms with Crippen LogP contribution in [0.5, 0.6) is 0 Å². The number of hydrogen-bond acceptors (Lipinski definition) is 3. The number of ether oxygens (including phenoxy) is 1. The zero-order valence-electron chi connectivity index (χ0n) is 18.7. The maximum atomic E-state index is 12.7. The van der Waals surface area contributed by atoms with Gasteiger partial charge in [-0.2, -0.15) is 0 Å². The van der Waals surface area contributed by atoms with Gasteiger partial charge in [-0.05, 0) is 71.2 Å². The lowest BCUT2D eigenvalue weighted by Crippen LogP contribution is -2.40. The van der Waals surface area contributed by atoms with Gasteiger partial charge in [0.25, 0.3) is 5.91 Å². The topological polar surface area (TPSA) is 32.8 Å². The number of nitrogens with zero attached hydrogens (tertiary/aromatic N) is 2. The van der Waals surface area contributed by atoms with Gasteiger partial charge >= 0.3 is 0 Å². The van der Waals surface area contributed by atoms with Crippen LogP contribution < -0.4 is 0 Å². The van der Waals surface area contributed by atoms with Gasteiger partial charge in [-0.15, -0.1) is 6.58 Å². The second-order valence-corrected chi connectivity index (χ2v) is 8.55. The maximum Gasteiger partial charge on any atom is 0.253 e. The van der Waals surface area contributed by atoms with Crippen molar-refractivity contribution in [2.75, 3.05) is 33.8 Å². The molecule has 1 aromatic carbocycles. The average Bonchev–Trinajstić information content (AvgIpc) is 2.72. The lowest BCUT2D eigenvalue weighted by atomic mass is 9.91. The number of benzene rings is 1. The molecule has 0 aliphatic heterocycles. The molecule has 0 atom stereocenters. The molecule has 0 saturated heterocycles. The Morgan fingerprint density at radius 1 is 1.14 bits per heavy atom. The summed E-state index contributed by atoms with van der Waals surface area (Å²) >= 11 is 0. The fourth-order valence-corrected chi connectivity index (χ4v) is 4.15. The second-order valence-electron chi connectivity index (χ2n) is 8.55. The van der Waals surface area contributed by atoms with E-state index in [1.54, 1.807) is 0 Å². The lowest BCUT2D eigenvalue weighted by molar-refractivity contribution is 0.00908. The Balaban J connectivity index is 1.58. The largest absolute Gasteiger partial charge is 0.378 e. The summed E-state index contributed by atoms with van der Waals surface area (Å²) in [4.78, 5) is 17.0. The summed E-state index contributed by atoms with van der Waals surface area (Å²) in [6.07, 6.45) is 11.4. The van der Waals surface area contributed by atoms with Crippen LogP contribution in [-0.2, 0) is 4.74 Å². The van der Waals surface area contributed by atoms with Crippen LogP contribution in [0.3, 0.4) is 0 Å². The number of carbonyl (C=O) groups is 1. The monoisotopic (exact) mass is 400 g/mol. The Bertz CT molecular complexity index is 623. The number of likely N-dealkylation sites (N-methyl/N-ethyl adjacent to an activating group) is 1. The predicted octanol–water partition coefficient (Wildman–Crippen LogP) is 5.07. The van der Waals surface area contributed by atoms with Crippen LogP contribution in [0.25, 0.3) is 0 Å². The zero-order valence-corrected chi connectivity index (χ0v) is 18.7. The molecule has 0 radical (unpaired) electrons. The SMILES string of the molecule is C=CCN(C)CCCCCCOC1CCC(N(C)C(=O)c2cccc(C)c2)CC1. The van der Waals surface area contributed by atoms with Crippen molar-refractivity contribution in [2.45, 2.75) is 70.4 Å². The summed E-state index contributed by atoms with van der Waals surface area (Å²) in [5, 5.41) is 0. The van der Waals surface area contributed by atoms with E-state index in [0.29, 0.717) is 12.1 Å². The maximum absolute atomic E-state index is 12.7. The first-order chi connectivity index (χ1) is 14.0. The third-order valence-corrected chi connectivity index (χ3v) is 6.01. The number of aryl methyl sites for hydroxylation is 1. The van der Waals surface area contributed by atoms with Crippen LogP contribution in [0, 0.1) is 6.92 Å². The molecule has 0 N–H and O–H groups in total. The van der Waals surface area contributed by atoms with Crippen molar-refractivity contribution in [1.29, 1.82) is 0 Å². The van der Waals surface area contributed by atoms with E-state index >= 15 is 0 Å². The number of rotatable bonds is 12. The molecule has 1 amide bonds. The van der Waals surface area contributed by atoms with E-state index in [-0.39, 0.29) is 5.91 Å². The van der Waals surface area contributed by atoms with Gasteiger partial charge in [-0.1, -0.05) is 36.6 Å². The van der Waals surface area contributed by atoms with Crippen molar-refractivity contribution < 1.29 is 9.53 Å². The molecule has 0 bridgehead atoms. The van der Waals surface area contributed by atoms with Gasteiger partial charge in [0.2, 0.25) is 0 Å². The fourth-order valence-electron chi connectivity index (χ4n) is 4.15.